The SMILES string of the molecule is CCC1CCC2CC(C3CCC(c4ccc(F)c(F)c4)CC3)CCC2C1. The van der Waals surface area contributed by atoms with Crippen LogP contribution in [-0.2, 0) is 0 Å². The summed E-state index contributed by atoms with van der Waals surface area (Å²) in [6.07, 6.45) is 15.1. The van der Waals surface area contributed by atoms with Crippen molar-refractivity contribution in [2.45, 2.75) is 83.5 Å². The van der Waals surface area contributed by atoms with Crippen molar-refractivity contribution in [1.82, 2.24) is 0 Å². The Bertz CT molecular complexity index is 602. The zero-order chi connectivity index (χ0) is 18.1. The summed E-state index contributed by atoms with van der Waals surface area (Å²) in [5.41, 5.74) is 1.00. The molecular formula is C24H34F2. The van der Waals surface area contributed by atoms with Gasteiger partial charge in [-0.15, -0.1) is 0 Å². The van der Waals surface area contributed by atoms with E-state index in [-0.39, 0.29) is 0 Å². The largest absolute Gasteiger partial charge is 0.204 e. The van der Waals surface area contributed by atoms with E-state index >= 15 is 0 Å². The first kappa shape index (κ1) is 18.4. The molecule has 144 valence electrons. The minimum Gasteiger partial charge on any atom is -0.204 e. The summed E-state index contributed by atoms with van der Waals surface area (Å²) >= 11 is 0. The van der Waals surface area contributed by atoms with Crippen LogP contribution < -0.4 is 0 Å². The predicted molar refractivity (Wildman–Crippen MR) is 103 cm³/mol. The highest BCUT2D eigenvalue weighted by Gasteiger charge is 2.38. The van der Waals surface area contributed by atoms with Crippen LogP contribution in [0.4, 0.5) is 8.78 Å². The number of hydrogen-bond acceptors (Lipinski definition) is 0. The Hall–Kier alpha value is -0.920. The lowest BCUT2D eigenvalue weighted by Crippen LogP contribution is -2.34. The molecular weight excluding hydrogens is 326 g/mol. The minimum absolute atomic E-state index is 0.428. The molecule has 4 rings (SSSR count). The molecule has 3 saturated carbocycles. The van der Waals surface area contributed by atoms with Gasteiger partial charge in [-0.25, -0.2) is 8.78 Å². The lowest BCUT2D eigenvalue weighted by molar-refractivity contribution is 0.0629. The van der Waals surface area contributed by atoms with E-state index in [4.69, 9.17) is 0 Å². The van der Waals surface area contributed by atoms with Crippen molar-refractivity contribution in [1.29, 1.82) is 0 Å². The Morgan fingerprint density at radius 3 is 2.04 bits per heavy atom. The fourth-order valence-electron chi connectivity index (χ4n) is 6.51. The van der Waals surface area contributed by atoms with Crippen molar-refractivity contribution < 1.29 is 8.78 Å². The van der Waals surface area contributed by atoms with Crippen LogP contribution in [0.2, 0.25) is 0 Å². The number of hydrogen-bond donors (Lipinski definition) is 0. The molecule has 0 aromatic heterocycles. The van der Waals surface area contributed by atoms with Gasteiger partial charge in [0, 0.05) is 0 Å². The molecule has 3 fully saturated rings. The van der Waals surface area contributed by atoms with Crippen molar-refractivity contribution in [2.75, 3.05) is 0 Å². The summed E-state index contributed by atoms with van der Waals surface area (Å²) in [7, 11) is 0. The van der Waals surface area contributed by atoms with Gasteiger partial charge in [0.15, 0.2) is 11.6 Å². The summed E-state index contributed by atoms with van der Waals surface area (Å²) in [4.78, 5) is 0. The van der Waals surface area contributed by atoms with Crippen LogP contribution >= 0.6 is 0 Å². The summed E-state index contributed by atoms with van der Waals surface area (Å²) in [5, 5.41) is 0. The number of halogens is 2. The molecule has 1 aromatic carbocycles. The van der Waals surface area contributed by atoms with E-state index in [1.165, 1.54) is 69.9 Å². The fourth-order valence-corrected chi connectivity index (χ4v) is 6.51. The normalized spacial score (nSPS) is 38.0. The molecule has 4 unspecified atom stereocenters. The molecule has 0 heterocycles. The van der Waals surface area contributed by atoms with Gasteiger partial charge in [0.05, 0.1) is 0 Å². The fraction of sp³-hybridized carbons (Fsp3) is 0.750. The maximum atomic E-state index is 13.5. The van der Waals surface area contributed by atoms with Gasteiger partial charge in [0.1, 0.15) is 0 Å². The molecule has 0 spiro atoms. The molecule has 0 saturated heterocycles. The highest BCUT2D eigenvalue weighted by Crippen LogP contribution is 2.50. The van der Waals surface area contributed by atoms with Crippen LogP contribution in [-0.4, -0.2) is 0 Å². The molecule has 4 atom stereocenters. The molecule has 3 aliphatic rings. The number of rotatable bonds is 3. The quantitative estimate of drug-likeness (QED) is 0.524. The Morgan fingerprint density at radius 2 is 1.35 bits per heavy atom. The standard InChI is InChI=1S/C24H34F2/c1-2-16-3-4-21-14-20(10-9-19(21)13-16)17-5-7-18(8-6-17)22-11-12-23(25)24(26)15-22/h11-12,15-21H,2-10,13-14H2,1H3. The zero-order valence-electron chi connectivity index (χ0n) is 16.2. The third-order valence-corrected chi connectivity index (χ3v) is 8.19. The monoisotopic (exact) mass is 360 g/mol. The average molecular weight is 361 g/mol. The van der Waals surface area contributed by atoms with Gasteiger partial charge in [-0.1, -0.05) is 25.8 Å². The molecule has 3 aliphatic carbocycles. The van der Waals surface area contributed by atoms with E-state index in [1.54, 1.807) is 6.07 Å². The van der Waals surface area contributed by atoms with Crippen LogP contribution in [0.5, 0.6) is 0 Å². The Labute approximate surface area is 157 Å². The lowest BCUT2D eigenvalue weighted by Gasteiger charge is -2.45. The average Bonchev–Trinajstić information content (AvgIpc) is 2.69. The van der Waals surface area contributed by atoms with E-state index in [9.17, 15) is 8.78 Å². The second-order valence-corrected chi connectivity index (χ2v) is 9.47. The summed E-state index contributed by atoms with van der Waals surface area (Å²) in [6.45, 7) is 2.36. The Balaban J connectivity index is 1.30. The summed E-state index contributed by atoms with van der Waals surface area (Å²) in [5.74, 6) is 3.84. The minimum atomic E-state index is -0.725. The first-order valence-corrected chi connectivity index (χ1v) is 11.1. The van der Waals surface area contributed by atoms with Crippen LogP contribution in [0.15, 0.2) is 18.2 Å². The second kappa shape index (κ2) is 7.98. The van der Waals surface area contributed by atoms with Gasteiger partial charge in [-0.3, -0.25) is 0 Å². The molecule has 0 radical (unpaired) electrons. The molecule has 0 nitrogen and oxygen atoms in total. The summed E-state index contributed by atoms with van der Waals surface area (Å²) in [6, 6.07) is 4.52. The molecule has 26 heavy (non-hydrogen) atoms. The van der Waals surface area contributed by atoms with Crippen molar-refractivity contribution in [2.24, 2.45) is 29.6 Å². The van der Waals surface area contributed by atoms with Gasteiger partial charge < -0.3 is 0 Å². The molecule has 1 aromatic rings. The van der Waals surface area contributed by atoms with Gasteiger partial charge in [0.25, 0.3) is 0 Å². The number of fused-ring (bicyclic) bond motifs is 1. The van der Waals surface area contributed by atoms with Crippen molar-refractivity contribution >= 4 is 0 Å². The Morgan fingerprint density at radius 1 is 0.731 bits per heavy atom. The lowest BCUT2D eigenvalue weighted by atomic mass is 9.60. The highest BCUT2D eigenvalue weighted by atomic mass is 19.2. The maximum Gasteiger partial charge on any atom is 0.159 e. The van der Waals surface area contributed by atoms with E-state index in [0.717, 1.165) is 48.0 Å². The first-order valence-electron chi connectivity index (χ1n) is 11.1. The van der Waals surface area contributed by atoms with Gasteiger partial charge in [0.2, 0.25) is 0 Å². The van der Waals surface area contributed by atoms with Gasteiger partial charge in [-0.05, 0) is 111 Å². The Kier molecular flexibility index (Phi) is 5.66. The van der Waals surface area contributed by atoms with Crippen LogP contribution in [0.3, 0.4) is 0 Å². The highest BCUT2D eigenvalue weighted by molar-refractivity contribution is 5.22. The van der Waals surface area contributed by atoms with Crippen LogP contribution in [0, 0.1) is 41.2 Å². The summed E-state index contributed by atoms with van der Waals surface area (Å²) < 4.78 is 26.7. The van der Waals surface area contributed by atoms with Crippen LogP contribution in [0.1, 0.15) is 89.0 Å². The second-order valence-electron chi connectivity index (χ2n) is 9.47. The van der Waals surface area contributed by atoms with E-state index in [2.05, 4.69) is 6.92 Å². The van der Waals surface area contributed by atoms with Crippen molar-refractivity contribution in [3.05, 3.63) is 35.4 Å². The van der Waals surface area contributed by atoms with E-state index < -0.39 is 11.6 Å². The first-order chi connectivity index (χ1) is 12.6. The predicted octanol–water partition coefficient (Wildman–Crippen LogP) is 7.48. The zero-order valence-corrected chi connectivity index (χ0v) is 16.2. The van der Waals surface area contributed by atoms with Crippen molar-refractivity contribution in [3.63, 3.8) is 0 Å². The molecule has 2 heteroatoms. The topological polar surface area (TPSA) is 0 Å². The van der Waals surface area contributed by atoms with Gasteiger partial charge >= 0.3 is 0 Å². The third kappa shape index (κ3) is 3.85. The smallest absolute Gasteiger partial charge is 0.159 e. The third-order valence-electron chi connectivity index (χ3n) is 8.19. The molecule has 0 N–H and O–H groups in total. The van der Waals surface area contributed by atoms with Crippen LogP contribution in [0.25, 0.3) is 0 Å². The van der Waals surface area contributed by atoms with E-state index in [1.807, 2.05) is 0 Å². The number of benzene rings is 1. The van der Waals surface area contributed by atoms with Gasteiger partial charge in [-0.2, -0.15) is 0 Å². The molecule has 0 amide bonds. The molecule has 0 aliphatic heterocycles. The van der Waals surface area contributed by atoms with E-state index in [0.29, 0.717) is 5.92 Å². The maximum absolute atomic E-state index is 13.5. The molecule has 0 bridgehead atoms. The van der Waals surface area contributed by atoms with Crippen molar-refractivity contribution in [3.8, 4) is 0 Å².